The summed E-state index contributed by atoms with van der Waals surface area (Å²) in [4.78, 5) is 16.7. The first kappa shape index (κ1) is 17.9. The monoisotopic (exact) mass is 356 g/mol. The predicted molar refractivity (Wildman–Crippen MR) is 101 cm³/mol. The van der Waals surface area contributed by atoms with Crippen molar-refractivity contribution in [1.82, 2.24) is 4.90 Å². The Morgan fingerprint density at radius 2 is 1.42 bits per heavy atom. The lowest BCUT2D eigenvalue weighted by Gasteiger charge is -2.36. The van der Waals surface area contributed by atoms with Gasteiger partial charge in [0, 0.05) is 49.6 Å². The van der Waals surface area contributed by atoms with Gasteiger partial charge in [0.2, 0.25) is 5.75 Å². The molecule has 138 valence electrons. The van der Waals surface area contributed by atoms with Crippen molar-refractivity contribution in [2.45, 2.75) is 0 Å². The van der Waals surface area contributed by atoms with E-state index in [1.165, 1.54) is 0 Å². The molecule has 0 atom stereocenters. The second-order valence-electron chi connectivity index (χ2n) is 6.03. The number of hydrogen-bond donors (Lipinski definition) is 0. The van der Waals surface area contributed by atoms with Crippen LogP contribution in [-0.2, 0) is 0 Å². The lowest BCUT2D eigenvalue weighted by Crippen LogP contribution is -2.48. The van der Waals surface area contributed by atoms with Crippen LogP contribution in [0.2, 0.25) is 0 Å². The molecule has 2 aromatic rings. The van der Waals surface area contributed by atoms with Crippen LogP contribution in [-0.4, -0.2) is 58.3 Å². The van der Waals surface area contributed by atoms with Crippen molar-refractivity contribution in [3.8, 4) is 17.2 Å². The average molecular weight is 356 g/mol. The summed E-state index contributed by atoms with van der Waals surface area (Å²) >= 11 is 0. The fraction of sp³-hybridized carbons (Fsp3) is 0.350. The van der Waals surface area contributed by atoms with Gasteiger partial charge in [-0.05, 0) is 12.1 Å². The molecule has 1 amide bonds. The number of hydrogen-bond acceptors (Lipinski definition) is 5. The van der Waals surface area contributed by atoms with Gasteiger partial charge in [-0.3, -0.25) is 4.79 Å². The zero-order valence-electron chi connectivity index (χ0n) is 15.4. The van der Waals surface area contributed by atoms with Crippen molar-refractivity contribution < 1.29 is 19.0 Å². The van der Waals surface area contributed by atoms with Gasteiger partial charge in [-0.25, -0.2) is 0 Å². The SMILES string of the molecule is COc1cc(N2CCN(C(=O)c3ccccc3)CC2)cc(OC)c1OC. The third-order valence-corrected chi connectivity index (χ3v) is 4.60. The average Bonchev–Trinajstić information content (AvgIpc) is 2.72. The number of anilines is 1. The molecule has 0 radical (unpaired) electrons. The predicted octanol–water partition coefficient (Wildman–Crippen LogP) is 2.67. The van der Waals surface area contributed by atoms with Crippen LogP contribution in [0.3, 0.4) is 0 Å². The van der Waals surface area contributed by atoms with Crippen LogP contribution in [0.15, 0.2) is 42.5 Å². The minimum Gasteiger partial charge on any atom is -0.493 e. The molecule has 0 aliphatic carbocycles. The van der Waals surface area contributed by atoms with Gasteiger partial charge in [0.25, 0.3) is 5.91 Å². The Labute approximate surface area is 153 Å². The number of benzene rings is 2. The van der Waals surface area contributed by atoms with E-state index >= 15 is 0 Å². The number of piperazine rings is 1. The van der Waals surface area contributed by atoms with Crippen molar-refractivity contribution in [2.75, 3.05) is 52.4 Å². The summed E-state index contributed by atoms with van der Waals surface area (Å²) in [5.74, 6) is 1.92. The normalized spacial score (nSPS) is 14.1. The number of rotatable bonds is 5. The quantitative estimate of drug-likeness (QED) is 0.824. The van der Waals surface area contributed by atoms with Crippen molar-refractivity contribution in [3.05, 3.63) is 48.0 Å². The molecule has 1 fully saturated rings. The zero-order valence-corrected chi connectivity index (χ0v) is 15.4. The highest BCUT2D eigenvalue weighted by molar-refractivity contribution is 5.94. The van der Waals surface area contributed by atoms with Gasteiger partial charge in [0.15, 0.2) is 11.5 Å². The smallest absolute Gasteiger partial charge is 0.253 e. The van der Waals surface area contributed by atoms with Gasteiger partial charge in [-0.2, -0.15) is 0 Å². The van der Waals surface area contributed by atoms with Gasteiger partial charge in [-0.15, -0.1) is 0 Å². The first-order valence-corrected chi connectivity index (χ1v) is 8.57. The number of amides is 1. The van der Waals surface area contributed by atoms with Crippen molar-refractivity contribution in [1.29, 1.82) is 0 Å². The molecule has 1 heterocycles. The summed E-state index contributed by atoms with van der Waals surface area (Å²) < 4.78 is 16.2. The Morgan fingerprint density at radius 1 is 0.846 bits per heavy atom. The topological polar surface area (TPSA) is 51.2 Å². The molecular formula is C20H24N2O4. The highest BCUT2D eigenvalue weighted by Gasteiger charge is 2.24. The maximum absolute atomic E-state index is 12.6. The molecule has 2 aromatic carbocycles. The molecule has 0 spiro atoms. The summed E-state index contributed by atoms with van der Waals surface area (Å²) in [7, 11) is 4.81. The molecule has 0 saturated carbocycles. The minimum atomic E-state index is 0.0788. The van der Waals surface area contributed by atoms with E-state index in [1.807, 2.05) is 47.4 Å². The van der Waals surface area contributed by atoms with E-state index in [9.17, 15) is 4.79 Å². The van der Waals surface area contributed by atoms with Crippen molar-refractivity contribution in [3.63, 3.8) is 0 Å². The lowest BCUT2D eigenvalue weighted by atomic mass is 10.1. The van der Waals surface area contributed by atoms with Gasteiger partial charge >= 0.3 is 0 Å². The Balaban J connectivity index is 1.73. The number of carbonyl (C=O) groups is 1. The molecule has 0 unspecified atom stereocenters. The number of methoxy groups -OCH3 is 3. The van der Waals surface area contributed by atoms with Gasteiger partial charge in [-0.1, -0.05) is 18.2 Å². The fourth-order valence-electron chi connectivity index (χ4n) is 3.18. The Kier molecular flexibility index (Phi) is 5.51. The molecule has 1 saturated heterocycles. The van der Waals surface area contributed by atoms with Crippen molar-refractivity contribution in [2.24, 2.45) is 0 Å². The number of nitrogens with zero attached hydrogens (tertiary/aromatic N) is 2. The van der Waals surface area contributed by atoms with Gasteiger partial charge < -0.3 is 24.0 Å². The Hall–Kier alpha value is -2.89. The second-order valence-corrected chi connectivity index (χ2v) is 6.03. The Morgan fingerprint density at radius 3 is 1.92 bits per heavy atom. The lowest BCUT2D eigenvalue weighted by molar-refractivity contribution is 0.0746. The third kappa shape index (κ3) is 3.54. The molecule has 0 bridgehead atoms. The molecule has 6 heteroatoms. The largest absolute Gasteiger partial charge is 0.493 e. The summed E-state index contributed by atoms with van der Waals surface area (Å²) in [5.41, 5.74) is 1.72. The summed E-state index contributed by atoms with van der Waals surface area (Å²) in [5, 5.41) is 0. The maximum Gasteiger partial charge on any atom is 0.253 e. The standard InChI is InChI=1S/C20H24N2O4/c1-24-17-13-16(14-18(25-2)19(17)26-3)21-9-11-22(12-10-21)20(23)15-7-5-4-6-8-15/h4-8,13-14H,9-12H2,1-3H3. The van der Waals surface area contributed by atoms with Crippen LogP contribution in [0.5, 0.6) is 17.2 Å². The highest BCUT2D eigenvalue weighted by atomic mass is 16.5. The van der Waals surface area contributed by atoms with E-state index in [2.05, 4.69) is 4.90 Å². The third-order valence-electron chi connectivity index (χ3n) is 4.60. The van der Waals surface area contributed by atoms with E-state index in [4.69, 9.17) is 14.2 Å². The van der Waals surface area contributed by atoms with Crippen LogP contribution in [0.1, 0.15) is 10.4 Å². The second kappa shape index (κ2) is 7.99. The summed E-state index contributed by atoms with van der Waals surface area (Å²) in [6.45, 7) is 2.84. The number of carbonyl (C=O) groups excluding carboxylic acids is 1. The molecule has 26 heavy (non-hydrogen) atoms. The summed E-state index contributed by atoms with van der Waals surface area (Å²) in [6, 6.07) is 13.3. The Bertz CT molecular complexity index is 731. The summed E-state index contributed by atoms with van der Waals surface area (Å²) in [6.07, 6.45) is 0. The van der Waals surface area contributed by atoms with E-state index < -0.39 is 0 Å². The van der Waals surface area contributed by atoms with Crippen molar-refractivity contribution >= 4 is 11.6 Å². The molecule has 6 nitrogen and oxygen atoms in total. The van der Waals surface area contributed by atoms with Crippen LogP contribution < -0.4 is 19.1 Å². The van der Waals surface area contributed by atoms with E-state index in [-0.39, 0.29) is 5.91 Å². The molecule has 3 rings (SSSR count). The van der Waals surface area contributed by atoms with Crippen LogP contribution in [0.4, 0.5) is 5.69 Å². The molecular weight excluding hydrogens is 332 g/mol. The van der Waals surface area contributed by atoms with Gasteiger partial charge in [0.05, 0.1) is 21.3 Å². The number of ether oxygens (including phenoxy) is 3. The van der Waals surface area contributed by atoms with E-state index in [1.54, 1.807) is 21.3 Å². The van der Waals surface area contributed by atoms with E-state index in [0.717, 1.165) is 24.3 Å². The molecule has 0 N–H and O–H groups in total. The van der Waals surface area contributed by atoms with Gasteiger partial charge in [0.1, 0.15) is 0 Å². The molecule has 0 aromatic heterocycles. The zero-order chi connectivity index (χ0) is 18.5. The fourth-order valence-corrected chi connectivity index (χ4v) is 3.18. The molecule has 1 aliphatic rings. The van der Waals surface area contributed by atoms with Crippen LogP contribution in [0.25, 0.3) is 0 Å². The van der Waals surface area contributed by atoms with E-state index in [0.29, 0.717) is 30.3 Å². The first-order valence-electron chi connectivity index (χ1n) is 8.57. The molecule has 1 aliphatic heterocycles. The minimum absolute atomic E-state index is 0.0788. The maximum atomic E-state index is 12.6. The van der Waals surface area contributed by atoms with Crippen LogP contribution in [0, 0.1) is 0 Å². The highest BCUT2D eigenvalue weighted by Crippen LogP contribution is 2.41. The van der Waals surface area contributed by atoms with Crippen LogP contribution >= 0.6 is 0 Å². The first-order chi connectivity index (χ1) is 12.7.